The van der Waals surface area contributed by atoms with Crippen LogP contribution in [0.4, 0.5) is 0 Å². The van der Waals surface area contributed by atoms with Gasteiger partial charge in [0.25, 0.3) is 0 Å². The average molecular weight is 484 g/mol. The van der Waals surface area contributed by atoms with Crippen LogP contribution in [-0.2, 0) is 0 Å². The Morgan fingerprint density at radius 3 is 1.86 bits per heavy atom. The lowest BCUT2D eigenvalue weighted by Crippen LogP contribution is -2.03. The first kappa shape index (κ1) is 21.2. The molecule has 0 amide bonds. The molecule has 0 N–H and O–H groups in total. The smallest absolute Gasteiger partial charge is 0.235 e. The van der Waals surface area contributed by atoms with Crippen molar-refractivity contribution in [3.8, 4) is 39.6 Å². The van der Waals surface area contributed by atoms with Crippen LogP contribution >= 0.6 is 10.0 Å². The van der Waals surface area contributed by atoms with E-state index in [-0.39, 0.29) is 0 Å². The Balaban J connectivity index is 1.46. The molecule has 1 aliphatic rings. The van der Waals surface area contributed by atoms with E-state index in [0.717, 1.165) is 28.0 Å². The van der Waals surface area contributed by atoms with Crippen LogP contribution in [0.25, 0.3) is 50.5 Å². The van der Waals surface area contributed by atoms with Gasteiger partial charge < -0.3 is 0 Å². The third kappa shape index (κ3) is 3.22. The van der Waals surface area contributed by atoms with E-state index in [9.17, 15) is 0 Å². The molecule has 0 fully saturated rings. The van der Waals surface area contributed by atoms with Gasteiger partial charge in [-0.15, -0.1) is 0 Å². The van der Waals surface area contributed by atoms with E-state index >= 15 is 0 Å². The van der Waals surface area contributed by atoms with Gasteiger partial charge in [-0.05, 0) is 54.0 Å². The maximum atomic E-state index is 5.05. The minimum Gasteiger partial charge on any atom is -0.285 e. The molecule has 0 atom stereocenters. The van der Waals surface area contributed by atoms with E-state index in [2.05, 4.69) is 120 Å². The molecule has 3 nitrogen and oxygen atoms in total. The minimum atomic E-state index is -1.04. The molecule has 2 aromatic heterocycles. The number of hydrogen-bond acceptors (Lipinski definition) is 2. The van der Waals surface area contributed by atoms with Crippen molar-refractivity contribution in [1.29, 1.82) is 0 Å². The van der Waals surface area contributed by atoms with Gasteiger partial charge in [-0.1, -0.05) is 78.9 Å². The van der Waals surface area contributed by atoms with Gasteiger partial charge >= 0.3 is 0 Å². The molecule has 174 valence electrons. The van der Waals surface area contributed by atoms with Crippen molar-refractivity contribution in [1.82, 2.24) is 14.5 Å². The van der Waals surface area contributed by atoms with Crippen molar-refractivity contribution in [3.63, 3.8) is 0 Å². The lowest BCUT2D eigenvalue weighted by molar-refractivity contribution is 0.968. The zero-order chi connectivity index (χ0) is 24.3. The SMILES string of the molecule is CS1(C)c2ccccc2-c2cc3c(ccn3-c3nc(-c4ccccc4)cc(-c4ccccc4)n3)cc21. The van der Waals surface area contributed by atoms with Gasteiger partial charge in [0.2, 0.25) is 5.95 Å². The third-order valence-corrected chi connectivity index (χ3v) is 10.0. The number of benzene rings is 4. The van der Waals surface area contributed by atoms with Gasteiger partial charge in [0.15, 0.2) is 0 Å². The molecule has 0 aliphatic carbocycles. The van der Waals surface area contributed by atoms with Gasteiger partial charge in [0, 0.05) is 32.5 Å². The molecule has 7 rings (SSSR count). The Morgan fingerprint density at radius 2 is 1.19 bits per heavy atom. The Labute approximate surface area is 212 Å². The van der Waals surface area contributed by atoms with Crippen LogP contribution in [-0.4, -0.2) is 27.0 Å². The summed E-state index contributed by atoms with van der Waals surface area (Å²) in [4.78, 5) is 13.0. The standard InChI is InChI=1S/C32H25N3S/c1-36(2)30-16-10-9-15-25(30)26-20-29-24(19-31(26)36)17-18-35(29)32-33-27(22-11-5-3-6-12-22)21-28(34-32)23-13-7-4-8-14-23/h3-21H,1-2H3. The summed E-state index contributed by atoms with van der Waals surface area (Å²) in [7, 11) is -1.04. The van der Waals surface area contributed by atoms with Crippen LogP contribution < -0.4 is 0 Å². The number of hydrogen-bond donors (Lipinski definition) is 0. The van der Waals surface area contributed by atoms with Crippen LogP contribution in [0, 0.1) is 0 Å². The zero-order valence-electron chi connectivity index (χ0n) is 20.2. The second-order valence-electron chi connectivity index (χ2n) is 9.59. The van der Waals surface area contributed by atoms with Gasteiger partial charge in [-0.25, -0.2) is 9.97 Å². The van der Waals surface area contributed by atoms with Crippen LogP contribution in [0.1, 0.15) is 0 Å². The molecular formula is C32H25N3S. The molecule has 0 radical (unpaired) electrons. The molecule has 0 spiro atoms. The maximum Gasteiger partial charge on any atom is 0.235 e. The second kappa shape index (κ2) is 7.94. The summed E-state index contributed by atoms with van der Waals surface area (Å²) in [6.45, 7) is 0. The summed E-state index contributed by atoms with van der Waals surface area (Å²) >= 11 is 0. The van der Waals surface area contributed by atoms with Crippen LogP contribution in [0.2, 0.25) is 0 Å². The van der Waals surface area contributed by atoms with E-state index in [1.165, 1.54) is 26.3 Å². The van der Waals surface area contributed by atoms with Crippen molar-refractivity contribution in [2.24, 2.45) is 0 Å². The lowest BCUT2D eigenvalue weighted by atomic mass is 10.0. The highest BCUT2D eigenvalue weighted by molar-refractivity contribution is 8.33. The van der Waals surface area contributed by atoms with Crippen molar-refractivity contribution in [2.45, 2.75) is 9.79 Å². The Kier molecular flexibility index (Phi) is 4.66. The Morgan fingerprint density at radius 1 is 0.583 bits per heavy atom. The molecule has 0 unspecified atom stereocenters. The number of rotatable bonds is 3. The van der Waals surface area contributed by atoms with E-state index in [1.807, 2.05) is 12.1 Å². The molecule has 0 bridgehead atoms. The fourth-order valence-corrected chi connectivity index (χ4v) is 7.80. The Bertz CT molecular complexity index is 1690. The molecule has 0 saturated heterocycles. The molecular weight excluding hydrogens is 458 g/mol. The highest BCUT2D eigenvalue weighted by atomic mass is 32.3. The van der Waals surface area contributed by atoms with E-state index in [1.54, 1.807) is 0 Å². The molecule has 3 heterocycles. The average Bonchev–Trinajstić information content (AvgIpc) is 3.45. The lowest BCUT2D eigenvalue weighted by Gasteiger charge is -2.28. The van der Waals surface area contributed by atoms with Crippen LogP contribution in [0.3, 0.4) is 0 Å². The summed E-state index contributed by atoms with van der Waals surface area (Å²) in [6, 6.07) is 38.5. The molecule has 6 aromatic rings. The number of aromatic nitrogens is 3. The second-order valence-corrected chi connectivity index (χ2v) is 13.1. The fraction of sp³-hybridized carbons (Fsp3) is 0.0625. The summed E-state index contributed by atoms with van der Waals surface area (Å²) in [6.07, 6.45) is 6.91. The first-order valence-corrected chi connectivity index (χ1v) is 14.5. The quantitative estimate of drug-likeness (QED) is 0.254. The van der Waals surface area contributed by atoms with Gasteiger partial charge in [0.05, 0.1) is 16.9 Å². The van der Waals surface area contributed by atoms with Crippen molar-refractivity contribution < 1.29 is 0 Å². The molecule has 4 aromatic carbocycles. The first-order valence-electron chi connectivity index (χ1n) is 12.1. The zero-order valence-corrected chi connectivity index (χ0v) is 21.0. The first-order chi connectivity index (χ1) is 17.6. The molecule has 0 saturated carbocycles. The highest BCUT2D eigenvalue weighted by Gasteiger charge is 2.32. The summed E-state index contributed by atoms with van der Waals surface area (Å²) in [5.74, 6) is 0.683. The monoisotopic (exact) mass is 483 g/mol. The minimum absolute atomic E-state index is 0.683. The molecule has 36 heavy (non-hydrogen) atoms. The Hall–Kier alpha value is -4.15. The van der Waals surface area contributed by atoms with Gasteiger partial charge in [-0.2, -0.15) is 10.0 Å². The van der Waals surface area contributed by atoms with Gasteiger partial charge in [0.1, 0.15) is 0 Å². The van der Waals surface area contributed by atoms with Crippen molar-refractivity contribution in [2.75, 3.05) is 12.5 Å². The highest BCUT2D eigenvalue weighted by Crippen LogP contribution is 2.67. The predicted molar refractivity (Wildman–Crippen MR) is 151 cm³/mol. The number of nitrogens with zero attached hydrogens (tertiary/aromatic N) is 3. The maximum absolute atomic E-state index is 5.05. The van der Waals surface area contributed by atoms with Crippen molar-refractivity contribution >= 4 is 20.9 Å². The van der Waals surface area contributed by atoms with Crippen LogP contribution in [0.5, 0.6) is 0 Å². The number of fused-ring (bicyclic) bond motifs is 4. The topological polar surface area (TPSA) is 30.7 Å². The van der Waals surface area contributed by atoms with Crippen LogP contribution in [0.15, 0.2) is 125 Å². The molecule has 1 aliphatic heterocycles. The largest absolute Gasteiger partial charge is 0.285 e. The van der Waals surface area contributed by atoms with E-state index in [4.69, 9.17) is 9.97 Å². The summed E-state index contributed by atoms with van der Waals surface area (Å²) < 4.78 is 2.14. The fourth-order valence-electron chi connectivity index (χ4n) is 5.28. The third-order valence-electron chi connectivity index (χ3n) is 7.14. The van der Waals surface area contributed by atoms with Gasteiger partial charge in [-0.3, -0.25) is 4.57 Å². The summed E-state index contributed by atoms with van der Waals surface area (Å²) in [5, 5.41) is 1.22. The normalized spacial score (nSPS) is 14.4. The van der Waals surface area contributed by atoms with Crippen molar-refractivity contribution in [3.05, 3.63) is 115 Å². The predicted octanol–water partition coefficient (Wildman–Crippen LogP) is 8.22. The van der Waals surface area contributed by atoms with E-state index in [0.29, 0.717) is 5.95 Å². The van der Waals surface area contributed by atoms with E-state index < -0.39 is 10.0 Å². The molecule has 4 heteroatoms. The summed E-state index contributed by atoms with van der Waals surface area (Å²) in [5.41, 5.74) is 7.80.